The lowest BCUT2D eigenvalue weighted by Crippen LogP contribution is -2.48. The van der Waals surface area contributed by atoms with Gasteiger partial charge in [-0.25, -0.2) is 4.79 Å². The summed E-state index contributed by atoms with van der Waals surface area (Å²) in [5, 5.41) is 12.3. The molecule has 2 atom stereocenters. The Morgan fingerprint density at radius 1 is 1.16 bits per heavy atom. The van der Waals surface area contributed by atoms with Crippen LogP contribution in [0.15, 0.2) is 0 Å². The van der Waals surface area contributed by atoms with E-state index >= 15 is 0 Å². The molecule has 1 saturated carbocycles. The number of carbonyl (C=O) groups excluding carboxylic acids is 1. The summed E-state index contributed by atoms with van der Waals surface area (Å²) in [6.07, 6.45) is 7.89. The number of nitrogens with one attached hydrogen (secondary N) is 1. The molecule has 0 aromatic rings. The zero-order valence-electron chi connectivity index (χ0n) is 12.1. The van der Waals surface area contributed by atoms with Gasteiger partial charge in [-0.05, 0) is 43.9 Å². The van der Waals surface area contributed by atoms with E-state index in [1.165, 1.54) is 19.3 Å². The van der Waals surface area contributed by atoms with Gasteiger partial charge < -0.3 is 15.3 Å². The van der Waals surface area contributed by atoms with Crippen molar-refractivity contribution in [1.29, 1.82) is 0 Å². The number of carbonyl (C=O) groups is 1. The molecule has 0 unspecified atom stereocenters. The quantitative estimate of drug-likeness (QED) is 0.755. The molecule has 2 aliphatic rings. The molecule has 1 aliphatic carbocycles. The van der Waals surface area contributed by atoms with Gasteiger partial charge in [0.15, 0.2) is 0 Å². The van der Waals surface area contributed by atoms with Crippen LogP contribution in [-0.2, 0) is 0 Å². The first-order valence-corrected chi connectivity index (χ1v) is 7.85. The molecule has 0 aromatic carbocycles. The molecule has 0 bridgehead atoms. The zero-order valence-corrected chi connectivity index (χ0v) is 12.1. The average molecular weight is 268 g/mol. The molecule has 4 nitrogen and oxygen atoms in total. The van der Waals surface area contributed by atoms with Gasteiger partial charge in [0.05, 0.1) is 0 Å². The van der Waals surface area contributed by atoms with Crippen molar-refractivity contribution < 1.29 is 9.90 Å². The van der Waals surface area contributed by atoms with Gasteiger partial charge in [0.2, 0.25) is 0 Å². The number of piperidine rings is 1. The monoisotopic (exact) mass is 268 g/mol. The van der Waals surface area contributed by atoms with Crippen molar-refractivity contribution in [2.75, 3.05) is 19.7 Å². The molecule has 2 rings (SSSR count). The molecule has 1 saturated heterocycles. The first kappa shape index (κ1) is 14.6. The second-order valence-electron chi connectivity index (χ2n) is 6.37. The van der Waals surface area contributed by atoms with E-state index in [4.69, 9.17) is 5.11 Å². The van der Waals surface area contributed by atoms with Crippen LogP contribution in [0.3, 0.4) is 0 Å². The molecular weight excluding hydrogens is 240 g/mol. The van der Waals surface area contributed by atoms with E-state index in [1.807, 2.05) is 4.90 Å². The van der Waals surface area contributed by atoms with Crippen molar-refractivity contribution in [1.82, 2.24) is 10.2 Å². The van der Waals surface area contributed by atoms with Crippen molar-refractivity contribution in [3.05, 3.63) is 0 Å². The van der Waals surface area contributed by atoms with Gasteiger partial charge in [0.1, 0.15) is 0 Å². The fourth-order valence-corrected chi connectivity index (χ4v) is 3.22. The highest BCUT2D eigenvalue weighted by Crippen LogP contribution is 2.23. The molecule has 1 heterocycles. The summed E-state index contributed by atoms with van der Waals surface area (Å²) in [5.41, 5.74) is 0. The Bertz CT molecular complexity index is 288. The van der Waals surface area contributed by atoms with E-state index < -0.39 is 0 Å². The number of urea groups is 1. The fourth-order valence-electron chi connectivity index (χ4n) is 3.22. The van der Waals surface area contributed by atoms with Crippen LogP contribution in [0.25, 0.3) is 0 Å². The van der Waals surface area contributed by atoms with E-state index in [9.17, 15) is 4.79 Å². The largest absolute Gasteiger partial charge is 0.396 e. The first-order chi connectivity index (χ1) is 9.19. The Balaban J connectivity index is 1.74. The van der Waals surface area contributed by atoms with E-state index in [-0.39, 0.29) is 12.6 Å². The Morgan fingerprint density at radius 2 is 1.89 bits per heavy atom. The van der Waals surface area contributed by atoms with Gasteiger partial charge in [0, 0.05) is 25.7 Å². The Hall–Kier alpha value is -0.770. The lowest BCUT2D eigenvalue weighted by atomic mass is 9.98. The van der Waals surface area contributed by atoms with Crippen molar-refractivity contribution >= 4 is 6.03 Å². The zero-order chi connectivity index (χ0) is 13.7. The highest BCUT2D eigenvalue weighted by Gasteiger charge is 2.24. The van der Waals surface area contributed by atoms with Crippen LogP contribution < -0.4 is 5.32 Å². The smallest absolute Gasteiger partial charge is 0.317 e. The predicted molar refractivity (Wildman–Crippen MR) is 76.0 cm³/mol. The van der Waals surface area contributed by atoms with Crippen LogP contribution in [0.2, 0.25) is 0 Å². The number of likely N-dealkylation sites (tertiary alicyclic amines) is 1. The highest BCUT2D eigenvalue weighted by molar-refractivity contribution is 5.74. The number of nitrogens with zero attached hydrogens (tertiary/aromatic N) is 1. The number of aliphatic hydroxyl groups is 1. The van der Waals surface area contributed by atoms with E-state index in [2.05, 4.69) is 12.2 Å². The lowest BCUT2D eigenvalue weighted by Gasteiger charge is -2.32. The van der Waals surface area contributed by atoms with Gasteiger partial charge in [-0.2, -0.15) is 0 Å². The Labute approximate surface area is 116 Å². The van der Waals surface area contributed by atoms with E-state index in [1.54, 1.807) is 0 Å². The number of hydrogen-bond acceptors (Lipinski definition) is 2. The van der Waals surface area contributed by atoms with Gasteiger partial charge in [-0.15, -0.1) is 0 Å². The minimum absolute atomic E-state index is 0.107. The molecule has 2 amide bonds. The van der Waals surface area contributed by atoms with Gasteiger partial charge in [-0.1, -0.05) is 19.8 Å². The molecule has 1 aliphatic heterocycles. The van der Waals surface area contributed by atoms with Crippen molar-refractivity contribution in [2.24, 2.45) is 11.8 Å². The SMILES string of the molecule is C[C@@H]1CCC[C@H](NC(=O)N2CCC(CO)CC2)CC1. The minimum atomic E-state index is 0.107. The van der Waals surface area contributed by atoms with Gasteiger partial charge >= 0.3 is 6.03 Å². The number of amides is 2. The fraction of sp³-hybridized carbons (Fsp3) is 0.933. The number of aliphatic hydroxyl groups excluding tert-OH is 1. The van der Waals surface area contributed by atoms with Crippen molar-refractivity contribution in [2.45, 2.75) is 57.9 Å². The second-order valence-corrected chi connectivity index (χ2v) is 6.37. The highest BCUT2D eigenvalue weighted by atomic mass is 16.3. The normalized spacial score (nSPS) is 29.9. The Kier molecular flexibility index (Phi) is 5.49. The summed E-state index contributed by atoms with van der Waals surface area (Å²) in [6.45, 7) is 4.15. The van der Waals surface area contributed by atoms with E-state index in [0.29, 0.717) is 12.0 Å². The third-order valence-corrected chi connectivity index (χ3v) is 4.74. The molecule has 2 N–H and O–H groups in total. The van der Waals surface area contributed by atoms with Crippen LogP contribution in [0.1, 0.15) is 51.9 Å². The topological polar surface area (TPSA) is 52.6 Å². The summed E-state index contributed by atoms with van der Waals surface area (Å²) in [4.78, 5) is 14.1. The molecule has 0 radical (unpaired) electrons. The maximum absolute atomic E-state index is 12.2. The number of hydrogen-bond donors (Lipinski definition) is 2. The minimum Gasteiger partial charge on any atom is -0.396 e. The van der Waals surface area contributed by atoms with Gasteiger partial charge in [-0.3, -0.25) is 0 Å². The molecule has 4 heteroatoms. The maximum Gasteiger partial charge on any atom is 0.317 e. The molecule has 110 valence electrons. The average Bonchev–Trinajstić information content (AvgIpc) is 2.64. The van der Waals surface area contributed by atoms with Crippen LogP contribution in [-0.4, -0.2) is 41.8 Å². The molecular formula is C15H28N2O2. The Morgan fingerprint density at radius 3 is 2.58 bits per heavy atom. The number of rotatable bonds is 2. The first-order valence-electron chi connectivity index (χ1n) is 7.85. The predicted octanol–water partition coefficient (Wildman–Crippen LogP) is 2.37. The summed E-state index contributed by atoms with van der Waals surface area (Å²) >= 11 is 0. The molecule has 19 heavy (non-hydrogen) atoms. The summed E-state index contributed by atoms with van der Waals surface area (Å²) in [7, 11) is 0. The van der Waals surface area contributed by atoms with Crippen LogP contribution in [0.5, 0.6) is 0 Å². The van der Waals surface area contributed by atoms with Gasteiger partial charge in [0.25, 0.3) is 0 Å². The molecule has 0 spiro atoms. The van der Waals surface area contributed by atoms with Crippen LogP contribution >= 0.6 is 0 Å². The summed E-state index contributed by atoms with van der Waals surface area (Å²) in [5.74, 6) is 1.20. The maximum atomic E-state index is 12.2. The second kappa shape index (κ2) is 7.13. The molecule has 2 fully saturated rings. The third kappa shape index (κ3) is 4.37. The van der Waals surface area contributed by atoms with E-state index in [0.717, 1.165) is 44.7 Å². The summed E-state index contributed by atoms with van der Waals surface area (Å²) in [6, 6.07) is 0.476. The third-order valence-electron chi connectivity index (χ3n) is 4.74. The standard InChI is InChI=1S/C15H28N2O2/c1-12-3-2-4-14(6-5-12)16-15(19)17-9-7-13(11-18)8-10-17/h12-14,18H,2-11H2,1H3,(H,16,19)/t12-,14+/m1/s1. The molecule has 0 aromatic heterocycles. The van der Waals surface area contributed by atoms with Crippen molar-refractivity contribution in [3.8, 4) is 0 Å². The summed E-state index contributed by atoms with van der Waals surface area (Å²) < 4.78 is 0. The van der Waals surface area contributed by atoms with Crippen LogP contribution in [0.4, 0.5) is 4.79 Å². The van der Waals surface area contributed by atoms with Crippen LogP contribution in [0, 0.1) is 11.8 Å². The lowest BCUT2D eigenvalue weighted by molar-refractivity contribution is 0.135. The van der Waals surface area contributed by atoms with Crippen molar-refractivity contribution in [3.63, 3.8) is 0 Å².